The maximum absolute atomic E-state index is 5.93. The van der Waals surface area contributed by atoms with Gasteiger partial charge in [-0.1, -0.05) is 0 Å². The van der Waals surface area contributed by atoms with Gasteiger partial charge in [-0.15, -0.1) is 11.3 Å². The van der Waals surface area contributed by atoms with Gasteiger partial charge in [0.2, 0.25) is 0 Å². The fourth-order valence-electron chi connectivity index (χ4n) is 1.20. The Morgan fingerprint density at radius 1 is 1.56 bits per heavy atom. The molecule has 0 saturated carbocycles. The molecule has 90 valence electrons. The summed E-state index contributed by atoms with van der Waals surface area (Å²) in [6.45, 7) is 8.88. The first kappa shape index (κ1) is 13.0. The fourth-order valence-corrected chi connectivity index (χ4v) is 2.03. The van der Waals surface area contributed by atoms with Crippen molar-refractivity contribution in [2.24, 2.45) is 10.7 Å². The van der Waals surface area contributed by atoms with Crippen molar-refractivity contribution in [1.82, 2.24) is 9.88 Å². The van der Waals surface area contributed by atoms with Crippen LogP contribution in [-0.2, 0) is 6.54 Å². The van der Waals surface area contributed by atoms with E-state index in [4.69, 9.17) is 5.73 Å². The van der Waals surface area contributed by atoms with E-state index < -0.39 is 0 Å². The molecule has 0 aliphatic carbocycles. The lowest BCUT2D eigenvalue weighted by Gasteiger charge is -2.21. The molecule has 1 aromatic heterocycles. The SMILES string of the molecule is Cc1ncsc1CN(C)C(N)=NC(C)(C)C. The van der Waals surface area contributed by atoms with Crippen LogP contribution in [0.15, 0.2) is 10.5 Å². The van der Waals surface area contributed by atoms with Crippen LogP contribution >= 0.6 is 11.3 Å². The minimum atomic E-state index is -0.138. The number of nitrogens with two attached hydrogens (primary N) is 1. The molecule has 0 saturated heterocycles. The lowest BCUT2D eigenvalue weighted by molar-refractivity contribution is 0.477. The van der Waals surface area contributed by atoms with Crippen LogP contribution in [0.3, 0.4) is 0 Å². The van der Waals surface area contributed by atoms with Crippen molar-refractivity contribution in [3.8, 4) is 0 Å². The highest BCUT2D eigenvalue weighted by Gasteiger charge is 2.12. The van der Waals surface area contributed by atoms with E-state index in [1.807, 2.05) is 45.2 Å². The second-order valence-electron chi connectivity index (χ2n) is 4.86. The molecule has 5 heteroatoms. The Bertz CT molecular complexity index is 376. The molecule has 1 aromatic rings. The van der Waals surface area contributed by atoms with E-state index in [1.54, 1.807) is 11.3 Å². The van der Waals surface area contributed by atoms with E-state index in [9.17, 15) is 0 Å². The van der Waals surface area contributed by atoms with Gasteiger partial charge in [-0.3, -0.25) is 0 Å². The van der Waals surface area contributed by atoms with E-state index in [-0.39, 0.29) is 5.54 Å². The number of rotatable bonds is 2. The third kappa shape index (κ3) is 3.81. The summed E-state index contributed by atoms with van der Waals surface area (Å²) in [5.41, 5.74) is 8.72. The lowest BCUT2D eigenvalue weighted by Crippen LogP contribution is -2.35. The van der Waals surface area contributed by atoms with Crippen LogP contribution in [0.4, 0.5) is 0 Å². The number of nitrogens with zero attached hydrogens (tertiary/aromatic N) is 3. The monoisotopic (exact) mass is 240 g/mol. The predicted molar refractivity (Wildman–Crippen MR) is 69.7 cm³/mol. The summed E-state index contributed by atoms with van der Waals surface area (Å²) in [7, 11) is 1.95. The van der Waals surface area contributed by atoms with E-state index >= 15 is 0 Å². The van der Waals surface area contributed by atoms with Crippen LogP contribution in [0.25, 0.3) is 0 Å². The fraction of sp³-hybridized carbons (Fsp3) is 0.636. The topological polar surface area (TPSA) is 54.5 Å². The molecule has 0 atom stereocenters. The molecule has 0 aromatic carbocycles. The number of aromatic nitrogens is 1. The second kappa shape index (κ2) is 4.82. The molecule has 0 unspecified atom stereocenters. The summed E-state index contributed by atoms with van der Waals surface area (Å²) in [4.78, 5) is 11.8. The highest BCUT2D eigenvalue weighted by atomic mass is 32.1. The third-order valence-corrected chi connectivity index (χ3v) is 2.99. The van der Waals surface area contributed by atoms with Crippen LogP contribution in [0.1, 0.15) is 31.3 Å². The standard InChI is InChI=1S/C11H20N4S/c1-8-9(16-7-13-8)6-15(5)10(12)14-11(2,3)4/h7H,6H2,1-5H3,(H2,12,14). The van der Waals surface area contributed by atoms with E-state index in [1.165, 1.54) is 4.88 Å². The molecule has 2 N–H and O–H groups in total. The van der Waals surface area contributed by atoms with Gasteiger partial charge < -0.3 is 10.6 Å². The van der Waals surface area contributed by atoms with Crippen LogP contribution in [0.5, 0.6) is 0 Å². The van der Waals surface area contributed by atoms with Crippen molar-refractivity contribution in [3.63, 3.8) is 0 Å². The minimum absolute atomic E-state index is 0.138. The smallest absolute Gasteiger partial charge is 0.191 e. The average Bonchev–Trinajstić information content (AvgIpc) is 2.49. The molecule has 0 fully saturated rings. The van der Waals surface area contributed by atoms with Gasteiger partial charge in [-0.05, 0) is 27.7 Å². The van der Waals surface area contributed by atoms with Crippen LogP contribution < -0.4 is 5.73 Å². The molecule has 0 spiro atoms. The van der Waals surface area contributed by atoms with Crippen molar-refractivity contribution in [1.29, 1.82) is 0 Å². The molecule has 0 aliphatic rings. The molecule has 0 amide bonds. The average molecular weight is 240 g/mol. The second-order valence-corrected chi connectivity index (χ2v) is 5.80. The number of thiazole rings is 1. The van der Waals surface area contributed by atoms with Gasteiger partial charge in [-0.25, -0.2) is 9.98 Å². The van der Waals surface area contributed by atoms with Crippen molar-refractivity contribution >= 4 is 17.3 Å². The van der Waals surface area contributed by atoms with Crippen molar-refractivity contribution < 1.29 is 0 Å². The highest BCUT2D eigenvalue weighted by molar-refractivity contribution is 7.09. The van der Waals surface area contributed by atoms with E-state index in [0.717, 1.165) is 12.2 Å². The number of aliphatic imine (C=N–C) groups is 1. The Kier molecular flexibility index (Phi) is 3.91. The Labute approximate surface area is 101 Å². The molecule has 0 aliphatic heterocycles. The number of hydrogen-bond acceptors (Lipinski definition) is 3. The first-order valence-corrected chi connectivity index (χ1v) is 6.13. The van der Waals surface area contributed by atoms with Crippen LogP contribution in [0.2, 0.25) is 0 Å². The normalized spacial score (nSPS) is 12.9. The zero-order valence-corrected chi connectivity index (χ0v) is 11.4. The van der Waals surface area contributed by atoms with Gasteiger partial charge in [0, 0.05) is 11.9 Å². The summed E-state index contributed by atoms with van der Waals surface area (Å²) in [6, 6.07) is 0. The van der Waals surface area contributed by atoms with Gasteiger partial charge in [0.25, 0.3) is 0 Å². The summed E-state index contributed by atoms with van der Waals surface area (Å²) < 4.78 is 0. The van der Waals surface area contributed by atoms with Gasteiger partial charge in [0.15, 0.2) is 5.96 Å². The Hall–Kier alpha value is -1.10. The lowest BCUT2D eigenvalue weighted by atomic mass is 10.1. The first-order chi connectivity index (χ1) is 7.29. The van der Waals surface area contributed by atoms with Crippen molar-refractivity contribution in [2.75, 3.05) is 7.05 Å². The minimum Gasteiger partial charge on any atom is -0.370 e. The van der Waals surface area contributed by atoms with Crippen LogP contribution in [0, 0.1) is 6.92 Å². The van der Waals surface area contributed by atoms with Gasteiger partial charge in [0.05, 0.1) is 23.3 Å². The third-order valence-electron chi connectivity index (χ3n) is 2.07. The molecule has 1 rings (SSSR count). The zero-order valence-electron chi connectivity index (χ0n) is 10.6. The zero-order chi connectivity index (χ0) is 12.3. The van der Waals surface area contributed by atoms with Gasteiger partial charge in [-0.2, -0.15) is 0 Å². The quantitative estimate of drug-likeness (QED) is 0.635. The maximum atomic E-state index is 5.93. The molecular formula is C11H20N4S. The van der Waals surface area contributed by atoms with E-state index in [0.29, 0.717) is 5.96 Å². The molecule has 1 heterocycles. The Balaban J connectivity index is 2.70. The largest absolute Gasteiger partial charge is 0.370 e. The predicted octanol–water partition coefficient (Wildman–Crippen LogP) is 2.00. The summed E-state index contributed by atoms with van der Waals surface area (Å²) in [5.74, 6) is 0.570. The molecule has 0 bridgehead atoms. The maximum Gasteiger partial charge on any atom is 0.191 e. The molecule has 0 radical (unpaired) electrons. The highest BCUT2D eigenvalue weighted by Crippen LogP contribution is 2.14. The molecule has 4 nitrogen and oxygen atoms in total. The Morgan fingerprint density at radius 3 is 2.62 bits per heavy atom. The number of guanidine groups is 1. The summed E-state index contributed by atoms with van der Waals surface area (Å²) in [6.07, 6.45) is 0. The van der Waals surface area contributed by atoms with Gasteiger partial charge >= 0.3 is 0 Å². The van der Waals surface area contributed by atoms with Crippen LogP contribution in [-0.4, -0.2) is 28.4 Å². The Morgan fingerprint density at radius 2 is 2.19 bits per heavy atom. The molecule has 16 heavy (non-hydrogen) atoms. The molecular weight excluding hydrogens is 220 g/mol. The van der Waals surface area contributed by atoms with E-state index in [2.05, 4.69) is 9.98 Å². The number of aryl methyl sites for hydroxylation is 1. The van der Waals surface area contributed by atoms with Crippen molar-refractivity contribution in [2.45, 2.75) is 39.8 Å². The number of hydrogen-bond donors (Lipinski definition) is 1. The first-order valence-electron chi connectivity index (χ1n) is 5.25. The van der Waals surface area contributed by atoms with Crippen molar-refractivity contribution in [3.05, 3.63) is 16.1 Å². The summed E-state index contributed by atoms with van der Waals surface area (Å²) >= 11 is 1.65. The summed E-state index contributed by atoms with van der Waals surface area (Å²) in [5, 5.41) is 0. The van der Waals surface area contributed by atoms with Gasteiger partial charge in [0.1, 0.15) is 0 Å².